The van der Waals surface area contributed by atoms with Crippen LogP contribution in [0.15, 0.2) is 18.2 Å². The van der Waals surface area contributed by atoms with E-state index in [0.717, 1.165) is 19.4 Å². The molecule has 78 valence electrons. The predicted octanol–water partition coefficient (Wildman–Crippen LogP) is 2.70. The second kappa shape index (κ2) is 3.94. The molecule has 0 amide bonds. The van der Waals surface area contributed by atoms with E-state index in [-0.39, 0.29) is 5.92 Å². The number of likely N-dealkylation sites (N-methyl/N-ethyl adjacent to an activating group) is 1. The molecule has 1 atom stereocenters. The van der Waals surface area contributed by atoms with Crippen LogP contribution in [0.3, 0.4) is 0 Å². The van der Waals surface area contributed by atoms with E-state index in [9.17, 15) is 0 Å². The minimum absolute atomic E-state index is 0.0567. The summed E-state index contributed by atoms with van der Waals surface area (Å²) in [7, 11) is 2.12. The number of nitrogens with zero attached hydrogens (tertiary/aromatic N) is 2. The third kappa shape index (κ3) is 1.70. The standard InChI is InChI=1S/C13H16N2/c1-3-10(9-14)11-4-5-13-12(8-11)6-7-15(13)2/h4-5,8,10H,3,6-7H2,1-2H3. The quantitative estimate of drug-likeness (QED) is 0.734. The van der Waals surface area contributed by atoms with Crippen LogP contribution < -0.4 is 4.90 Å². The average molecular weight is 200 g/mol. The molecule has 1 unspecified atom stereocenters. The molecular weight excluding hydrogens is 184 g/mol. The van der Waals surface area contributed by atoms with Crippen molar-refractivity contribution >= 4 is 5.69 Å². The Morgan fingerprint density at radius 3 is 3.00 bits per heavy atom. The molecule has 0 aliphatic carbocycles. The summed E-state index contributed by atoms with van der Waals surface area (Å²) in [6.45, 7) is 3.16. The van der Waals surface area contributed by atoms with Crippen molar-refractivity contribution in [3.63, 3.8) is 0 Å². The van der Waals surface area contributed by atoms with Gasteiger partial charge in [-0.05, 0) is 30.0 Å². The SMILES string of the molecule is CCC(C#N)c1ccc2c(c1)CCN2C. The predicted molar refractivity (Wildman–Crippen MR) is 62.1 cm³/mol. The lowest BCUT2D eigenvalue weighted by atomic mass is 9.95. The van der Waals surface area contributed by atoms with Gasteiger partial charge in [0, 0.05) is 19.3 Å². The number of anilines is 1. The third-order valence-electron chi connectivity index (χ3n) is 3.20. The Labute approximate surface area is 91.1 Å². The Hall–Kier alpha value is -1.49. The van der Waals surface area contributed by atoms with Crippen molar-refractivity contribution in [1.82, 2.24) is 0 Å². The van der Waals surface area contributed by atoms with E-state index in [2.05, 4.69) is 43.1 Å². The summed E-state index contributed by atoms with van der Waals surface area (Å²) in [6, 6.07) is 8.81. The van der Waals surface area contributed by atoms with Crippen molar-refractivity contribution < 1.29 is 0 Å². The molecule has 2 heteroatoms. The first kappa shape index (κ1) is 10.0. The van der Waals surface area contributed by atoms with Gasteiger partial charge in [-0.1, -0.05) is 19.1 Å². The summed E-state index contributed by atoms with van der Waals surface area (Å²) < 4.78 is 0. The third-order valence-corrected chi connectivity index (χ3v) is 3.20. The molecule has 1 aliphatic heterocycles. The maximum Gasteiger partial charge on any atom is 0.0710 e. The lowest BCUT2D eigenvalue weighted by molar-refractivity contribution is 0.817. The van der Waals surface area contributed by atoms with Gasteiger partial charge in [-0.2, -0.15) is 5.26 Å². The second-order valence-corrected chi connectivity index (χ2v) is 4.15. The first-order valence-electron chi connectivity index (χ1n) is 5.49. The average Bonchev–Trinajstić information content (AvgIpc) is 2.62. The van der Waals surface area contributed by atoms with Gasteiger partial charge in [-0.15, -0.1) is 0 Å². The fourth-order valence-corrected chi connectivity index (χ4v) is 2.20. The number of benzene rings is 1. The second-order valence-electron chi connectivity index (χ2n) is 4.15. The Kier molecular flexibility index (Phi) is 2.64. The first-order valence-corrected chi connectivity index (χ1v) is 5.49. The highest BCUT2D eigenvalue weighted by Crippen LogP contribution is 2.30. The number of hydrogen-bond donors (Lipinski definition) is 0. The van der Waals surface area contributed by atoms with Crippen molar-refractivity contribution in [3.8, 4) is 6.07 Å². The maximum absolute atomic E-state index is 9.02. The van der Waals surface area contributed by atoms with Gasteiger partial charge in [-0.3, -0.25) is 0 Å². The van der Waals surface area contributed by atoms with Crippen LogP contribution in [-0.4, -0.2) is 13.6 Å². The summed E-state index contributed by atoms with van der Waals surface area (Å²) in [4.78, 5) is 2.27. The minimum atomic E-state index is 0.0567. The topological polar surface area (TPSA) is 27.0 Å². The first-order chi connectivity index (χ1) is 7.26. The van der Waals surface area contributed by atoms with Crippen LogP contribution in [0.25, 0.3) is 0 Å². The van der Waals surface area contributed by atoms with E-state index < -0.39 is 0 Å². The van der Waals surface area contributed by atoms with Gasteiger partial charge >= 0.3 is 0 Å². The summed E-state index contributed by atoms with van der Waals surface area (Å²) in [6.07, 6.45) is 2.01. The van der Waals surface area contributed by atoms with E-state index >= 15 is 0 Å². The monoisotopic (exact) mass is 200 g/mol. The van der Waals surface area contributed by atoms with Gasteiger partial charge in [0.15, 0.2) is 0 Å². The van der Waals surface area contributed by atoms with Crippen LogP contribution in [0, 0.1) is 11.3 Å². The van der Waals surface area contributed by atoms with Crippen molar-refractivity contribution in [2.75, 3.05) is 18.5 Å². The molecule has 15 heavy (non-hydrogen) atoms. The molecule has 1 aromatic carbocycles. The molecule has 1 aromatic rings. The molecule has 0 radical (unpaired) electrons. The Balaban J connectivity index is 2.35. The van der Waals surface area contributed by atoms with Gasteiger partial charge in [0.2, 0.25) is 0 Å². The van der Waals surface area contributed by atoms with Gasteiger partial charge in [0.05, 0.1) is 12.0 Å². The van der Waals surface area contributed by atoms with E-state index in [0.29, 0.717) is 0 Å². The fraction of sp³-hybridized carbons (Fsp3) is 0.462. The summed E-state index contributed by atoms with van der Waals surface area (Å²) >= 11 is 0. The van der Waals surface area contributed by atoms with Crippen LogP contribution >= 0.6 is 0 Å². The van der Waals surface area contributed by atoms with Gasteiger partial charge < -0.3 is 4.90 Å². The van der Waals surface area contributed by atoms with Crippen LogP contribution in [0.2, 0.25) is 0 Å². The fourth-order valence-electron chi connectivity index (χ4n) is 2.20. The zero-order valence-electron chi connectivity index (χ0n) is 9.33. The lowest BCUT2D eigenvalue weighted by Crippen LogP contribution is -2.12. The number of fused-ring (bicyclic) bond motifs is 1. The number of hydrogen-bond acceptors (Lipinski definition) is 2. The highest BCUT2D eigenvalue weighted by molar-refractivity contribution is 5.59. The lowest BCUT2D eigenvalue weighted by Gasteiger charge is -2.13. The van der Waals surface area contributed by atoms with Crippen LogP contribution in [-0.2, 0) is 6.42 Å². The molecule has 0 spiro atoms. The Morgan fingerprint density at radius 2 is 2.33 bits per heavy atom. The van der Waals surface area contributed by atoms with Crippen LogP contribution in [0.5, 0.6) is 0 Å². The minimum Gasteiger partial charge on any atom is -0.374 e. The molecule has 0 N–H and O–H groups in total. The van der Waals surface area contributed by atoms with Crippen molar-refractivity contribution in [2.24, 2.45) is 0 Å². The van der Waals surface area contributed by atoms with Crippen molar-refractivity contribution in [1.29, 1.82) is 5.26 Å². The molecule has 2 rings (SSSR count). The molecular formula is C13H16N2. The van der Waals surface area contributed by atoms with E-state index in [1.807, 2.05) is 0 Å². The molecule has 1 aliphatic rings. The van der Waals surface area contributed by atoms with Gasteiger partial charge in [0.1, 0.15) is 0 Å². The molecule has 0 saturated carbocycles. The zero-order chi connectivity index (χ0) is 10.8. The summed E-state index contributed by atoms with van der Waals surface area (Å²) in [5.74, 6) is 0.0567. The van der Waals surface area contributed by atoms with Crippen LogP contribution in [0.4, 0.5) is 5.69 Å². The van der Waals surface area contributed by atoms with E-state index in [1.165, 1.54) is 16.8 Å². The molecule has 0 aromatic heterocycles. The van der Waals surface area contributed by atoms with E-state index in [1.54, 1.807) is 0 Å². The van der Waals surface area contributed by atoms with Gasteiger partial charge in [-0.25, -0.2) is 0 Å². The van der Waals surface area contributed by atoms with Crippen molar-refractivity contribution in [2.45, 2.75) is 25.7 Å². The Morgan fingerprint density at radius 1 is 1.53 bits per heavy atom. The smallest absolute Gasteiger partial charge is 0.0710 e. The summed E-state index contributed by atoms with van der Waals surface area (Å²) in [5.41, 5.74) is 3.89. The number of rotatable bonds is 2. The van der Waals surface area contributed by atoms with Gasteiger partial charge in [0.25, 0.3) is 0 Å². The van der Waals surface area contributed by atoms with E-state index in [4.69, 9.17) is 5.26 Å². The maximum atomic E-state index is 9.02. The largest absolute Gasteiger partial charge is 0.374 e. The molecule has 0 fully saturated rings. The highest BCUT2D eigenvalue weighted by Gasteiger charge is 2.17. The highest BCUT2D eigenvalue weighted by atomic mass is 15.1. The van der Waals surface area contributed by atoms with Crippen LogP contribution in [0.1, 0.15) is 30.4 Å². The normalized spacial score (nSPS) is 15.9. The molecule has 1 heterocycles. The summed E-state index contributed by atoms with van der Waals surface area (Å²) in [5, 5.41) is 9.02. The molecule has 0 bridgehead atoms. The Bertz CT molecular complexity index is 403. The zero-order valence-corrected chi connectivity index (χ0v) is 9.33. The molecule has 2 nitrogen and oxygen atoms in total. The van der Waals surface area contributed by atoms with Crippen molar-refractivity contribution in [3.05, 3.63) is 29.3 Å². The number of nitriles is 1. The molecule has 0 saturated heterocycles.